The van der Waals surface area contributed by atoms with E-state index in [1.54, 1.807) is 7.05 Å². The molecule has 2 aromatic rings. The number of benzene rings is 2. The van der Waals surface area contributed by atoms with Crippen LogP contribution in [0.4, 0.5) is 5.69 Å². The highest BCUT2D eigenvalue weighted by Gasteiger charge is 2.21. The fourth-order valence-corrected chi connectivity index (χ4v) is 2.52. The third kappa shape index (κ3) is 5.31. The first-order valence-corrected chi connectivity index (χ1v) is 8.22. The van der Waals surface area contributed by atoms with E-state index in [0.29, 0.717) is 0 Å². The van der Waals surface area contributed by atoms with E-state index in [2.05, 4.69) is 5.32 Å². The van der Waals surface area contributed by atoms with Crippen molar-refractivity contribution in [2.45, 2.75) is 26.8 Å². The highest BCUT2D eigenvalue weighted by Crippen LogP contribution is 2.18. The smallest absolute Gasteiger partial charge is 0.244 e. The van der Waals surface area contributed by atoms with E-state index in [1.165, 1.54) is 4.90 Å². The lowest BCUT2D eigenvalue weighted by atomic mass is 10.0. The van der Waals surface area contributed by atoms with Crippen LogP contribution < -0.4 is 11.1 Å². The monoisotopic (exact) mass is 375 g/mol. The van der Waals surface area contributed by atoms with Gasteiger partial charge in [0.05, 0.1) is 6.54 Å². The zero-order chi connectivity index (χ0) is 18.6. The normalized spacial score (nSPS) is 11.3. The van der Waals surface area contributed by atoms with E-state index >= 15 is 0 Å². The first-order valence-electron chi connectivity index (χ1n) is 8.22. The Morgan fingerprint density at radius 2 is 1.69 bits per heavy atom. The molecule has 0 heterocycles. The molecule has 0 saturated carbocycles. The van der Waals surface area contributed by atoms with E-state index in [9.17, 15) is 9.59 Å². The highest BCUT2D eigenvalue weighted by molar-refractivity contribution is 5.96. The second kappa shape index (κ2) is 9.36. The molecule has 3 N–H and O–H groups in total. The van der Waals surface area contributed by atoms with Gasteiger partial charge >= 0.3 is 0 Å². The SMILES string of the molecule is Cc1ccc(C(N)C(=O)N(C)CC(=O)Nc2cccc(C)c2C)cc1.Cl. The van der Waals surface area contributed by atoms with Crippen molar-refractivity contribution in [2.24, 2.45) is 5.73 Å². The molecule has 26 heavy (non-hydrogen) atoms. The molecular weight excluding hydrogens is 350 g/mol. The Hall–Kier alpha value is -2.37. The van der Waals surface area contributed by atoms with E-state index < -0.39 is 6.04 Å². The summed E-state index contributed by atoms with van der Waals surface area (Å²) in [6.45, 7) is 5.86. The predicted molar refractivity (Wildman–Crippen MR) is 108 cm³/mol. The predicted octanol–water partition coefficient (Wildman–Crippen LogP) is 3.13. The average Bonchev–Trinajstić information content (AvgIpc) is 2.58. The van der Waals surface area contributed by atoms with Crippen LogP contribution >= 0.6 is 12.4 Å². The second-order valence-electron chi connectivity index (χ2n) is 6.38. The molecule has 0 fully saturated rings. The average molecular weight is 376 g/mol. The first kappa shape index (κ1) is 21.7. The number of rotatable bonds is 5. The van der Waals surface area contributed by atoms with E-state index in [0.717, 1.165) is 27.9 Å². The summed E-state index contributed by atoms with van der Waals surface area (Å²) in [5.41, 5.74) is 10.7. The maximum atomic E-state index is 12.5. The van der Waals surface area contributed by atoms with Crippen LogP contribution in [0.1, 0.15) is 28.3 Å². The number of amides is 2. The molecule has 6 heteroatoms. The number of nitrogens with one attached hydrogen (secondary N) is 1. The maximum absolute atomic E-state index is 12.5. The third-order valence-corrected chi connectivity index (χ3v) is 4.34. The lowest BCUT2D eigenvalue weighted by molar-refractivity contribution is -0.134. The van der Waals surface area contributed by atoms with Crippen LogP contribution in [-0.4, -0.2) is 30.3 Å². The molecule has 0 spiro atoms. The van der Waals surface area contributed by atoms with Crippen LogP contribution in [0.5, 0.6) is 0 Å². The van der Waals surface area contributed by atoms with Crippen LogP contribution in [0.25, 0.3) is 0 Å². The number of aryl methyl sites for hydroxylation is 2. The minimum Gasteiger partial charge on any atom is -0.335 e. The minimum absolute atomic E-state index is 0. The Morgan fingerprint density at radius 3 is 2.31 bits per heavy atom. The molecule has 2 rings (SSSR count). The Balaban J connectivity index is 0.00000338. The van der Waals surface area contributed by atoms with Crippen molar-refractivity contribution in [3.05, 3.63) is 64.7 Å². The molecule has 0 aliphatic carbocycles. The standard InChI is InChI=1S/C20H25N3O2.ClH/c1-13-8-10-16(11-9-13)19(21)20(25)23(4)12-18(24)22-17-7-5-6-14(2)15(17)3;/h5-11,19H,12,21H2,1-4H3,(H,22,24);1H. The van der Waals surface area contributed by atoms with Gasteiger partial charge in [0, 0.05) is 12.7 Å². The number of nitrogens with two attached hydrogens (primary N) is 1. The quantitative estimate of drug-likeness (QED) is 0.842. The fourth-order valence-electron chi connectivity index (χ4n) is 2.52. The van der Waals surface area contributed by atoms with Crippen LogP contribution in [-0.2, 0) is 9.59 Å². The number of nitrogens with zero attached hydrogens (tertiary/aromatic N) is 1. The highest BCUT2D eigenvalue weighted by atomic mass is 35.5. The number of halogens is 1. The summed E-state index contributed by atoms with van der Waals surface area (Å²) in [5.74, 6) is -0.541. The number of carbonyl (C=O) groups excluding carboxylic acids is 2. The molecule has 5 nitrogen and oxygen atoms in total. The molecule has 0 saturated heterocycles. The summed E-state index contributed by atoms with van der Waals surface area (Å²) >= 11 is 0. The number of hydrogen-bond donors (Lipinski definition) is 2. The Labute approximate surface area is 161 Å². The molecule has 1 atom stereocenters. The summed E-state index contributed by atoms with van der Waals surface area (Å²) in [5, 5.41) is 2.85. The van der Waals surface area contributed by atoms with E-state index in [1.807, 2.05) is 63.2 Å². The summed E-state index contributed by atoms with van der Waals surface area (Å²) in [6.07, 6.45) is 0. The van der Waals surface area contributed by atoms with Gasteiger partial charge in [-0.05, 0) is 43.5 Å². The zero-order valence-electron chi connectivity index (χ0n) is 15.6. The second-order valence-corrected chi connectivity index (χ2v) is 6.38. The summed E-state index contributed by atoms with van der Waals surface area (Å²) in [6, 6.07) is 12.4. The Morgan fingerprint density at radius 1 is 1.08 bits per heavy atom. The number of anilines is 1. The van der Waals surface area contributed by atoms with Crippen molar-refractivity contribution in [1.29, 1.82) is 0 Å². The van der Waals surface area contributed by atoms with Gasteiger partial charge in [-0.25, -0.2) is 0 Å². The van der Waals surface area contributed by atoms with Crippen LogP contribution in [0.2, 0.25) is 0 Å². The van der Waals surface area contributed by atoms with Crippen molar-refractivity contribution in [3.8, 4) is 0 Å². The first-order chi connectivity index (χ1) is 11.8. The van der Waals surface area contributed by atoms with Gasteiger partial charge in [0.1, 0.15) is 6.04 Å². The molecule has 0 aromatic heterocycles. The molecule has 1 unspecified atom stereocenters. The molecular formula is C20H26ClN3O2. The van der Waals surface area contributed by atoms with Crippen molar-refractivity contribution in [1.82, 2.24) is 4.90 Å². The van der Waals surface area contributed by atoms with Crippen LogP contribution in [0.3, 0.4) is 0 Å². The lowest BCUT2D eigenvalue weighted by Crippen LogP contribution is -2.40. The molecule has 0 bridgehead atoms. The largest absolute Gasteiger partial charge is 0.335 e. The van der Waals surface area contributed by atoms with Gasteiger partial charge in [-0.1, -0.05) is 42.0 Å². The van der Waals surface area contributed by atoms with Crippen molar-refractivity contribution in [2.75, 3.05) is 18.9 Å². The van der Waals surface area contributed by atoms with Gasteiger partial charge in [-0.15, -0.1) is 12.4 Å². The van der Waals surface area contributed by atoms with Gasteiger partial charge in [0.15, 0.2) is 0 Å². The van der Waals surface area contributed by atoms with Crippen LogP contribution in [0, 0.1) is 20.8 Å². The molecule has 2 amide bonds. The zero-order valence-corrected chi connectivity index (χ0v) is 16.4. The van der Waals surface area contributed by atoms with E-state index in [-0.39, 0.29) is 30.8 Å². The van der Waals surface area contributed by atoms with Crippen molar-refractivity contribution in [3.63, 3.8) is 0 Å². The number of carbonyl (C=O) groups is 2. The van der Waals surface area contributed by atoms with Crippen molar-refractivity contribution < 1.29 is 9.59 Å². The Bertz CT molecular complexity index is 775. The summed E-state index contributed by atoms with van der Waals surface area (Å²) < 4.78 is 0. The third-order valence-electron chi connectivity index (χ3n) is 4.34. The summed E-state index contributed by atoms with van der Waals surface area (Å²) in [7, 11) is 1.58. The lowest BCUT2D eigenvalue weighted by Gasteiger charge is -2.21. The van der Waals surface area contributed by atoms with Gasteiger partial charge in [-0.2, -0.15) is 0 Å². The summed E-state index contributed by atoms with van der Waals surface area (Å²) in [4.78, 5) is 26.1. The molecule has 0 aliphatic heterocycles. The van der Waals surface area contributed by atoms with Crippen molar-refractivity contribution >= 4 is 29.9 Å². The Kier molecular flexibility index (Phi) is 7.80. The molecule has 0 radical (unpaired) electrons. The van der Waals surface area contributed by atoms with Gasteiger partial charge < -0.3 is 16.0 Å². The van der Waals surface area contributed by atoms with Gasteiger partial charge in [-0.3, -0.25) is 9.59 Å². The van der Waals surface area contributed by atoms with Gasteiger partial charge in [0.2, 0.25) is 11.8 Å². The van der Waals surface area contributed by atoms with Gasteiger partial charge in [0.25, 0.3) is 0 Å². The molecule has 2 aromatic carbocycles. The molecule has 0 aliphatic rings. The minimum atomic E-state index is -0.779. The van der Waals surface area contributed by atoms with Crippen LogP contribution in [0.15, 0.2) is 42.5 Å². The topological polar surface area (TPSA) is 75.4 Å². The van der Waals surface area contributed by atoms with E-state index in [4.69, 9.17) is 5.73 Å². The maximum Gasteiger partial charge on any atom is 0.244 e. The number of hydrogen-bond acceptors (Lipinski definition) is 3. The number of likely N-dealkylation sites (N-methyl/N-ethyl adjacent to an activating group) is 1. The molecule has 140 valence electrons. The fraction of sp³-hybridized carbons (Fsp3) is 0.300.